The van der Waals surface area contributed by atoms with Crippen LogP contribution in [0.4, 0.5) is 13.2 Å². The van der Waals surface area contributed by atoms with Gasteiger partial charge in [0.05, 0.1) is 16.3 Å². The Kier molecular flexibility index (Phi) is 6.07. The molecular formula is C23H16F3N5O2S2. The zero-order valence-corrected chi connectivity index (χ0v) is 19.7. The van der Waals surface area contributed by atoms with Gasteiger partial charge >= 0.3 is 6.36 Å². The highest BCUT2D eigenvalue weighted by atomic mass is 32.2. The van der Waals surface area contributed by atoms with Gasteiger partial charge in [-0.05, 0) is 54.3 Å². The van der Waals surface area contributed by atoms with Gasteiger partial charge in [-0.25, -0.2) is 4.98 Å². The van der Waals surface area contributed by atoms with Gasteiger partial charge in [-0.1, -0.05) is 23.9 Å². The summed E-state index contributed by atoms with van der Waals surface area (Å²) in [5, 5.41) is 11.0. The van der Waals surface area contributed by atoms with Crippen molar-refractivity contribution in [1.29, 1.82) is 0 Å². The van der Waals surface area contributed by atoms with Gasteiger partial charge in [-0.3, -0.25) is 13.8 Å². The van der Waals surface area contributed by atoms with E-state index in [-0.39, 0.29) is 11.3 Å². The number of thioether (sulfide) groups is 1. The van der Waals surface area contributed by atoms with Crippen molar-refractivity contribution >= 4 is 28.7 Å². The van der Waals surface area contributed by atoms with Crippen LogP contribution < -0.4 is 10.3 Å². The number of pyridine rings is 1. The molecule has 12 heteroatoms. The van der Waals surface area contributed by atoms with Crippen LogP contribution in [0.2, 0.25) is 0 Å². The largest absolute Gasteiger partial charge is 0.573 e. The first-order valence-electron chi connectivity index (χ1n) is 10.2. The SMILES string of the molecule is Cc1ccc2nc(CSc3nnc(-c4cccs4)n3-c3ccc(OC(F)(F)F)cc3)cc(=O)n2c1. The Labute approximate surface area is 204 Å². The normalized spacial score (nSPS) is 11.8. The van der Waals surface area contributed by atoms with Gasteiger partial charge in [0.1, 0.15) is 11.4 Å². The zero-order valence-electron chi connectivity index (χ0n) is 18.1. The van der Waals surface area contributed by atoms with Crippen LogP contribution in [0.1, 0.15) is 11.3 Å². The minimum absolute atomic E-state index is 0.185. The number of halogens is 3. The number of hydrogen-bond acceptors (Lipinski definition) is 7. The van der Waals surface area contributed by atoms with Crippen molar-refractivity contribution in [3.63, 3.8) is 0 Å². The monoisotopic (exact) mass is 515 g/mol. The van der Waals surface area contributed by atoms with Crippen molar-refractivity contribution in [2.75, 3.05) is 0 Å². The minimum Gasteiger partial charge on any atom is -0.406 e. The summed E-state index contributed by atoms with van der Waals surface area (Å²) in [6.07, 6.45) is -3.04. The van der Waals surface area contributed by atoms with Gasteiger partial charge in [0, 0.05) is 18.0 Å². The molecule has 0 atom stereocenters. The van der Waals surface area contributed by atoms with Crippen molar-refractivity contribution in [1.82, 2.24) is 24.1 Å². The molecule has 5 rings (SSSR count). The smallest absolute Gasteiger partial charge is 0.406 e. The van der Waals surface area contributed by atoms with Crippen molar-refractivity contribution in [3.05, 3.63) is 87.8 Å². The number of alkyl halides is 3. The van der Waals surface area contributed by atoms with Gasteiger partial charge in [-0.2, -0.15) is 0 Å². The minimum atomic E-state index is -4.77. The second kappa shape index (κ2) is 9.19. The summed E-state index contributed by atoms with van der Waals surface area (Å²) in [5.74, 6) is 0.573. The number of rotatable bonds is 6. The number of nitrogens with zero attached hydrogens (tertiary/aromatic N) is 5. The lowest BCUT2D eigenvalue weighted by atomic mass is 10.3. The summed E-state index contributed by atoms with van der Waals surface area (Å²) in [4.78, 5) is 17.9. The Bertz CT molecular complexity index is 1540. The number of benzene rings is 1. The molecule has 4 aromatic heterocycles. The zero-order chi connectivity index (χ0) is 24.6. The van der Waals surface area contributed by atoms with Crippen molar-refractivity contribution in [2.45, 2.75) is 24.2 Å². The standard InChI is InChI=1S/C23H16F3N5O2S2/c1-14-4-9-19-27-15(11-20(32)30(19)12-14)13-35-22-29-28-21(18-3-2-10-34-18)31(22)16-5-7-17(8-6-16)33-23(24,25)26/h2-12H,13H2,1H3. The van der Waals surface area contributed by atoms with Crippen molar-refractivity contribution in [3.8, 4) is 22.1 Å². The Morgan fingerprint density at radius 3 is 2.60 bits per heavy atom. The third kappa shape index (κ3) is 5.08. The molecule has 0 saturated heterocycles. The van der Waals surface area contributed by atoms with Crippen LogP contribution in [0, 0.1) is 6.92 Å². The van der Waals surface area contributed by atoms with E-state index in [0.29, 0.717) is 33.8 Å². The Morgan fingerprint density at radius 2 is 1.89 bits per heavy atom. The number of hydrogen-bond donors (Lipinski definition) is 0. The van der Waals surface area contributed by atoms with E-state index < -0.39 is 6.36 Å². The van der Waals surface area contributed by atoms with Gasteiger partial charge in [0.2, 0.25) is 0 Å². The highest BCUT2D eigenvalue weighted by Crippen LogP contribution is 2.32. The molecule has 0 radical (unpaired) electrons. The van der Waals surface area contributed by atoms with Crippen molar-refractivity contribution < 1.29 is 17.9 Å². The average molecular weight is 516 g/mol. The summed E-state index contributed by atoms with van der Waals surface area (Å²) in [7, 11) is 0. The topological polar surface area (TPSA) is 74.3 Å². The predicted octanol–water partition coefficient (Wildman–Crippen LogP) is 5.50. The van der Waals surface area contributed by atoms with Crippen molar-refractivity contribution in [2.24, 2.45) is 0 Å². The van der Waals surface area contributed by atoms with E-state index in [4.69, 9.17) is 0 Å². The molecule has 7 nitrogen and oxygen atoms in total. The molecular weight excluding hydrogens is 499 g/mol. The third-order valence-electron chi connectivity index (χ3n) is 4.91. The molecule has 0 spiro atoms. The quantitative estimate of drug-likeness (QED) is 0.278. The number of fused-ring (bicyclic) bond motifs is 1. The molecule has 0 aliphatic rings. The average Bonchev–Trinajstić information content (AvgIpc) is 3.47. The molecule has 0 N–H and O–H groups in total. The van der Waals surface area contributed by atoms with Crippen LogP contribution in [-0.2, 0) is 5.75 Å². The van der Waals surface area contributed by atoms with Crippen LogP contribution in [-0.4, -0.2) is 30.5 Å². The lowest BCUT2D eigenvalue weighted by molar-refractivity contribution is -0.274. The first-order valence-corrected chi connectivity index (χ1v) is 12.1. The van der Waals surface area contributed by atoms with Crippen LogP contribution >= 0.6 is 23.1 Å². The first-order chi connectivity index (χ1) is 16.8. The van der Waals surface area contributed by atoms with Gasteiger partial charge in [0.25, 0.3) is 5.56 Å². The fourth-order valence-electron chi connectivity index (χ4n) is 3.43. The Morgan fingerprint density at radius 1 is 1.09 bits per heavy atom. The van der Waals surface area contributed by atoms with E-state index in [1.807, 2.05) is 30.5 Å². The summed E-state index contributed by atoms with van der Waals surface area (Å²) in [6, 6.07) is 14.4. The van der Waals surface area contributed by atoms with Gasteiger partial charge in [0.15, 0.2) is 11.0 Å². The molecule has 0 amide bonds. The third-order valence-corrected chi connectivity index (χ3v) is 6.74. The summed E-state index contributed by atoms with van der Waals surface area (Å²) >= 11 is 2.79. The molecule has 0 bridgehead atoms. The lowest BCUT2D eigenvalue weighted by Crippen LogP contribution is -2.17. The molecule has 0 unspecified atom stereocenters. The maximum absolute atomic E-state index is 12.6. The van der Waals surface area contributed by atoms with E-state index in [2.05, 4.69) is 19.9 Å². The highest BCUT2D eigenvalue weighted by molar-refractivity contribution is 7.98. The number of thiophene rings is 1. The molecule has 4 heterocycles. The van der Waals surface area contributed by atoms with Crippen LogP contribution in [0.5, 0.6) is 5.75 Å². The molecule has 0 aliphatic heterocycles. The number of aryl methyl sites for hydroxylation is 1. The van der Waals surface area contributed by atoms with E-state index in [9.17, 15) is 18.0 Å². The molecule has 1 aromatic carbocycles. The summed E-state index contributed by atoms with van der Waals surface area (Å²) in [5.41, 5.74) is 2.45. The molecule has 178 valence electrons. The molecule has 35 heavy (non-hydrogen) atoms. The molecule has 0 saturated carbocycles. The van der Waals surface area contributed by atoms with E-state index in [0.717, 1.165) is 10.4 Å². The Hall–Kier alpha value is -3.64. The fourth-order valence-corrected chi connectivity index (χ4v) is 4.97. The van der Waals surface area contributed by atoms with Crippen LogP contribution in [0.25, 0.3) is 22.0 Å². The molecule has 0 aliphatic carbocycles. The molecule has 5 aromatic rings. The maximum atomic E-state index is 12.6. The Balaban J connectivity index is 1.48. The molecule has 0 fully saturated rings. The summed E-state index contributed by atoms with van der Waals surface area (Å²) in [6.45, 7) is 1.90. The van der Waals surface area contributed by atoms with E-state index in [1.54, 1.807) is 16.8 Å². The predicted molar refractivity (Wildman–Crippen MR) is 127 cm³/mol. The fraction of sp³-hybridized carbons (Fsp3) is 0.130. The van der Waals surface area contributed by atoms with Gasteiger partial charge in [-0.15, -0.1) is 34.7 Å². The van der Waals surface area contributed by atoms with Gasteiger partial charge < -0.3 is 4.74 Å². The van der Waals surface area contributed by atoms with E-state index >= 15 is 0 Å². The first kappa shape index (κ1) is 23.1. The number of ether oxygens (including phenoxy) is 1. The van der Waals surface area contributed by atoms with Crippen LogP contribution in [0.3, 0.4) is 0 Å². The van der Waals surface area contributed by atoms with Crippen LogP contribution in [0.15, 0.2) is 76.1 Å². The highest BCUT2D eigenvalue weighted by Gasteiger charge is 2.31. The summed E-state index contributed by atoms with van der Waals surface area (Å²) < 4.78 is 44.9. The second-order valence-electron chi connectivity index (χ2n) is 7.47. The maximum Gasteiger partial charge on any atom is 0.573 e. The van der Waals surface area contributed by atoms with E-state index in [1.165, 1.54) is 57.8 Å². The lowest BCUT2D eigenvalue weighted by Gasteiger charge is -2.12. The second-order valence-corrected chi connectivity index (χ2v) is 9.36. The number of aromatic nitrogens is 5.